The fourth-order valence-electron chi connectivity index (χ4n) is 3.49. The Morgan fingerprint density at radius 1 is 0.625 bits per heavy atom. The third-order valence-corrected chi connectivity index (χ3v) is 5.09. The van der Waals surface area contributed by atoms with E-state index in [9.17, 15) is 10.5 Å². The first-order valence-corrected chi connectivity index (χ1v) is 9.97. The number of rotatable bonds is 4. The van der Waals surface area contributed by atoms with Crippen LogP contribution < -0.4 is 0 Å². The van der Waals surface area contributed by atoms with Crippen molar-refractivity contribution < 1.29 is 0 Å². The molecule has 0 radical (unpaired) electrons. The summed E-state index contributed by atoms with van der Waals surface area (Å²) >= 11 is 0. The third kappa shape index (κ3) is 3.65. The molecular formula is C26H16N6. The van der Waals surface area contributed by atoms with Gasteiger partial charge >= 0.3 is 0 Å². The van der Waals surface area contributed by atoms with Crippen molar-refractivity contribution in [2.24, 2.45) is 0 Å². The minimum Gasteiger partial charge on any atom is -0.337 e. The average Bonchev–Trinajstić information content (AvgIpc) is 3.46. The minimum absolute atomic E-state index is 0.449. The molecule has 0 saturated carbocycles. The highest BCUT2D eigenvalue weighted by molar-refractivity contribution is 5.92. The normalized spacial score (nSPS) is 12.1. The molecule has 0 aliphatic rings. The molecule has 2 N–H and O–H groups in total. The van der Waals surface area contributed by atoms with E-state index in [1.54, 1.807) is 12.2 Å². The van der Waals surface area contributed by atoms with Gasteiger partial charge in [-0.3, -0.25) is 0 Å². The summed E-state index contributed by atoms with van der Waals surface area (Å²) in [5.41, 5.74) is 6.03. The number of aromatic amines is 2. The predicted molar refractivity (Wildman–Crippen MR) is 126 cm³/mol. The van der Waals surface area contributed by atoms with E-state index in [0.29, 0.717) is 22.8 Å². The molecule has 0 bridgehead atoms. The number of hydrogen-bond donors (Lipinski definition) is 2. The van der Waals surface area contributed by atoms with E-state index in [0.717, 1.165) is 33.2 Å². The topological polar surface area (TPSA) is 105 Å². The van der Waals surface area contributed by atoms with E-state index in [2.05, 4.69) is 32.1 Å². The lowest BCUT2D eigenvalue weighted by molar-refractivity contribution is 1.27. The summed E-state index contributed by atoms with van der Waals surface area (Å²) in [6.45, 7) is 0. The molecule has 32 heavy (non-hydrogen) atoms. The molecule has 0 amide bonds. The van der Waals surface area contributed by atoms with Gasteiger partial charge in [-0.05, 0) is 47.5 Å². The van der Waals surface area contributed by atoms with Gasteiger partial charge in [0.25, 0.3) is 0 Å². The van der Waals surface area contributed by atoms with E-state index in [1.807, 2.05) is 72.8 Å². The maximum Gasteiger partial charge on any atom is 0.149 e. The fourth-order valence-corrected chi connectivity index (χ4v) is 3.49. The molecule has 5 rings (SSSR count). The smallest absolute Gasteiger partial charge is 0.149 e. The number of benzene rings is 3. The van der Waals surface area contributed by atoms with Gasteiger partial charge in [-0.15, -0.1) is 0 Å². The van der Waals surface area contributed by atoms with E-state index in [1.165, 1.54) is 0 Å². The van der Waals surface area contributed by atoms with Crippen LogP contribution in [0.1, 0.15) is 22.8 Å². The van der Waals surface area contributed by atoms with Crippen LogP contribution in [0, 0.1) is 22.7 Å². The van der Waals surface area contributed by atoms with E-state index in [4.69, 9.17) is 0 Å². The Morgan fingerprint density at radius 2 is 1.03 bits per heavy atom. The van der Waals surface area contributed by atoms with Gasteiger partial charge in [0.15, 0.2) is 0 Å². The van der Waals surface area contributed by atoms with Gasteiger partial charge in [0.1, 0.15) is 23.8 Å². The van der Waals surface area contributed by atoms with Gasteiger partial charge in [0.05, 0.1) is 33.2 Å². The lowest BCUT2D eigenvalue weighted by Crippen LogP contribution is -1.86. The van der Waals surface area contributed by atoms with Crippen molar-refractivity contribution >= 4 is 45.4 Å². The lowest BCUT2D eigenvalue weighted by atomic mass is 10.1. The minimum atomic E-state index is 0.449. The van der Waals surface area contributed by atoms with Crippen LogP contribution >= 0.6 is 0 Å². The molecule has 0 atom stereocenters. The number of nitrogens with one attached hydrogen (secondary N) is 2. The van der Waals surface area contributed by atoms with Crippen LogP contribution in [-0.4, -0.2) is 19.9 Å². The first-order valence-electron chi connectivity index (χ1n) is 9.97. The maximum atomic E-state index is 9.62. The zero-order valence-electron chi connectivity index (χ0n) is 16.9. The van der Waals surface area contributed by atoms with Crippen molar-refractivity contribution in [3.05, 3.63) is 95.6 Å². The molecule has 0 saturated heterocycles. The monoisotopic (exact) mass is 412 g/mol. The second-order valence-electron chi connectivity index (χ2n) is 7.21. The Bertz CT molecular complexity index is 1400. The number of allylic oxidation sites excluding steroid dienone is 2. The van der Waals surface area contributed by atoms with Crippen molar-refractivity contribution in [2.75, 3.05) is 0 Å². The maximum absolute atomic E-state index is 9.62. The van der Waals surface area contributed by atoms with Crippen molar-refractivity contribution in [1.29, 1.82) is 10.5 Å². The Kier molecular flexibility index (Phi) is 4.80. The molecule has 0 aliphatic carbocycles. The highest BCUT2D eigenvalue weighted by Crippen LogP contribution is 2.22. The van der Waals surface area contributed by atoms with Crippen LogP contribution in [0.3, 0.4) is 0 Å². The Balaban J connectivity index is 1.43. The molecule has 6 nitrogen and oxygen atoms in total. The summed E-state index contributed by atoms with van der Waals surface area (Å²) in [5, 5.41) is 19.2. The molecule has 0 unspecified atom stereocenters. The van der Waals surface area contributed by atoms with Gasteiger partial charge in [0, 0.05) is 0 Å². The number of H-pyrrole nitrogens is 2. The van der Waals surface area contributed by atoms with Crippen LogP contribution in [0.4, 0.5) is 0 Å². The number of fused-ring (bicyclic) bond motifs is 2. The highest BCUT2D eigenvalue weighted by atomic mass is 14.9. The van der Waals surface area contributed by atoms with Crippen molar-refractivity contribution in [1.82, 2.24) is 19.9 Å². The largest absolute Gasteiger partial charge is 0.337 e. The van der Waals surface area contributed by atoms with Crippen molar-refractivity contribution in [2.45, 2.75) is 0 Å². The standard InChI is InChI=1S/C26H16N6/c27-15-19(25-29-21-5-1-2-6-22(21)30-25)13-17-9-11-18(12-10-17)14-20(16-28)26-31-23-7-3-4-8-24(23)32-26/h1-14H,(H,29,30)(H,31,32). The molecule has 0 aliphatic heterocycles. The summed E-state index contributed by atoms with van der Waals surface area (Å²) in [7, 11) is 0. The van der Waals surface area contributed by atoms with Gasteiger partial charge < -0.3 is 9.97 Å². The second kappa shape index (κ2) is 8.06. The zero-order chi connectivity index (χ0) is 21.9. The number of hydrogen-bond acceptors (Lipinski definition) is 4. The van der Waals surface area contributed by atoms with Gasteiger partial charge in [-0.25, -0.2) is 9.97 Å². The molecule has 5 aromatic rings. The van der Waals surface area contributed by atoms with Crippen LogP contribution in [0.25, 0.3) is 45.4 Å². The molecule has 3 aromatic carbocycles. The molecule has 0 spiro atoms. The molecule has 6 heteroatoms. The molecular weight excluding hydrogens is 396 g/mol. The SMILES string of the molecule is N#CC(=Cc1ccc(C=C(C#N)c2nc3ccccc3[nH]2)cc1)c1nc2ccccc2[nH]1. The van der Waals surface area contributed by atoms with Gasteiger partial charge in [-0.1, -0.05) is 48.5 Å². The van der Waals surface area contributed by atoms with Crippen LogP contribution in [-0.2, 0) is 0 Å². The van der Waals surface area contributed by atoms with Crippen LogP contribution in [0.15, 0.2) is 72.8 Å². The molecule has 2 aromatic heterocycles. The number of imidazole rings is 2. The molecule has 2 heterocycles. The Morgan fingerprint density at radius 3 is 1.41 bits per heavy atom. The highest BCUT2D eigenvalue weighted by Gasteiger charge is 2.09. The summed E-state index contributed by atoms with van der Waals surface area (Å²) in [5.74, 6) is 1.07. The summed E-state index contributed by atoms with van der Waals surface area (Å²) < 4.78 is 0. The van der Waals surface area contributed by atoms with E-state index >= 15 is 0 Å². The summed E-state index contributed by atoms with van der Waals surface area (Å²) in [6, 6.07) is 27.4. The fraction of sp³-hybridized carbons (Fsp3) is 0. The van der Waals surface area contributed by atoms with E-state index < -0.39 is 0 Å². The Labute approximate surface area is 183 Å². The lowest BCUT2D eigenvalue weighted by Gasteiger charge is -1.99. The number of aromatic nitrogens is 4. The first-order chi connectivity index (χ1) is 15.7. The molecule has 0 fully saturated rings. The predicted octanol–water partition coefficient (Wildman–Crippen LogP) is 5.57. The van der Waals surface area contributed by atoms with Crippen LogP contribution in [0.5, 0.6) is 0 Å². The van der Waals surface area contributed by atoms with Crippen molar-refractivity contribution in [3.63, 3.8) is 0 Å². The second-order valence-corrected chi connectivity index (χ2v) is 7.21. The first kappa shape index (κ1) is 19.0. The summed E-state index contributed by atoms with van der Waals surface area (Å²) in [4.78, 5) is 15.4. The quantitative estimate of drug-likeness (QED) is 0.377. The summed E-state index contributed by atoms with van der Waals surface area (Å²) in [6.07, 6.45) is 3.57. The van der Waals surface area contributed by atoms with Gasteiger partial charge in [0.2, 0.25) is 0 Å². The van der Waals surface area contributed by atoms with Crippen LogP contribution in [0.2, 0.25) is 0 Å². The zero-order valence-corrected chi connectivity index (χ0v) is 16.9. The molecule has 150 valence electrons. The number of nitriles is 2. The number of para-hydroxylation sites is 4. The van der Waals surface area contributed by atoms with E-state index in [-0.39, 0.29) is 0 Å². The average molecular weight is 412 g/mol. The number of nitrogens with zero attached hydrogens (tertiary/aromatic N) is 4. The van der Waals surface area contributed by atoms with Gasteiger partial charge in [-0.2, -0.15) is 10.5 Å². The third-order valence-electron chi connectivity index (χ3n) is 5.09. The van der Waals surface area contributed by atoms with Crippen molar-refractivity contribution in [3.8, 4) is 12.1 Å². The Hall–Kier alpha value is -4.94.